The summed E-state index contributed by atoms with van der Waals surface area (Å²) in [5.41, 5.74) is 3.59. The van der Waals surface area contributed by atoms with Crippen LogP contribution in [0, 0.1) is 0 Å². The number of alkyl halides is 2. The summed E-state index contributed by atoms with van der Waals surface area (Å²) in [5.74, 6) is 6.23. The molecular weight excluding hydrogens is 254 g/mol. The third kappa shape index (κ3) is 5.96. The molecule has 0 aliphatic carbocycles. The molecule has 0 radical (unpaired) electrons. The molecule has 0 heterocycles. The molecule has 1 aromatic carbocycles. The summed E-state index contributed by atoms with van der Waals surface area (Å²) >= 11 is 0. The van der Waals surface area contributed by atoms with Crippen LogP contribution >= 0.6 is 0 Å². The molecule has 3 N–H and O–H groups in total. The van der Waals surface area contributed by atoms with Crippen molar-refractivity contribution in [2.75, 3.05) is 19.8 Å². The summed E-state index contributed by atoms with van der Waals surface area (Å²) in [6.07, 6.45) is -1.93. The molecule has 0 saturated carbocycles. The lowest BCUT2D eigenvalue weighted by Crippen LogP contribution is -2.29. The number of hydrogen-bond acceptors (Lipinski definition) is 4. The van der Waals surface area contributed by atoms with Gasteiger partial charge in [0.2, 0.25) is 0 Å². The van der Waals surface area contributed by atoms with E-state index < -0.39 is 13.0 Å². The summed E-state index contributed by atoms with van der Waals surface area (Å²) in [7, 11) is 0. The molecule has 0 aliphatic heterocycles. The number of nitrogens with two attached hydrogens (primary N) is 1. The molecule has 0 saturated heterocycles. The maximum Gasteiger partial charge on any atom is 0.261 e. The van der Waals surface area contributed by atoms with Gasteiger partial charge in [0.15, 0.2) is 0 Å². The van der Waals surface area contributed by atoms with Gasteiger partial charge in [-0.1, -0.05) is 12.1 Å². The highest BCUT2D eigenvalue weighted by Gasteiger charge is 2.11. The fraction of sp³-hybridized carbons (Fsp3) is 0.538. The van der Waals surface area contributed by atoms with Crippen LogP contribution in [0.25, 0.3) is 0 Å². The van der Waals surface area contributed by atoms with Gasteiger partial charge in [0.1, 0.15) is 12.4 Å². The molecule has 0 amide bonds. The zero-order valence-electron chi connectivity index (χ0n) is 10.9. The normalized spacial score (nSPS) is 12.7. The second-order valence-corrected chi connectivity index (χ2v) is 3.98. The van der Waals surface area contributed by atoms with Gasteiger partial charge in [-0.15, -0.1) is 0 Å². The highest BCUT2D eigenvalue weighted by atomic mass is 19.3. The van der Waals surface area contributed by atoms with E-state index in [9.17, 15) is 8.78 Å². The summed E-state index contributed by atoms with van der Waals surface area (Å²) in [4.78, 5) is 0. The highest BCUT2D eigenvalue weighted by Crippen LogP contribution is 2.21. The van der Waals surface area contributed by atoms with E-state index in [1.807, 2.05) is 31.2 Å². The first-order chi connectivity index (χ1) is 9.17. The molecule has 19 heavy (non-hydrogen) atoms. The van der Waals surface area contributed by atoms with E-state index in [0.717, 1.165) is 11.3 Å². The Labute approximate surface area is 111 Å². The highest BCUT2D eigenvalue weighted by molar-refractivity contribution is 5.30. The van der Waals surface area contributed by atoms with Crippen molar-refractivity contribution in [1.29, 1.82) is 0 Å². The Morgan fingerprint density at radius 2 is 2.16 bits per heavy atom. The lowest BCUT2D eigenvalue weighted by molar-refractivity contribution is 0.0143. The fourth-order valence-electron chi connectivity index (χ4n) is 1.71. The molecule has 0 aromatic heterocycles. The molecule has 1 rings (SSSR count). The Balaban J connectivity index is 2.51. The minimum absolute atomic E-state index is 0.155. The summed E-state index contributed by atoms with van der Waals surface area (Å²) in [5, 5.41) is 0. The Morgan fingerprint density at radius 3 is 2.79 bits per heavy atom. The van der Waals surface area contributed by atoms with Crippen LogP contribution in [0.1, 0.15) is 24.9 Å². The van der Waals surface area contributed by atoms with Crippen molar-refractivity contribution in [2.24, 2.45) is 5.84 Å². The van der Waals surface area contributed by atoms with E-state index in [4.69, 9.17) is 15.3 Å². The van der Waals surface area contributed by atoms with Gasteiger partial charge in [0.05, 0.1) is 6.61 Å². The van der Waals surface area contributed by atoms with E-state index in [1.165, 1.54) is 0 Å². The number of rotatable bonds is 9. The van der Waals surface area contributed by atoms with Crippen molar-refractivity contribution in [1.82, 2.24) is 5.43 Å². The quantitative estimate of drug-likeness (QED) is 0.412. The minimum Gasteiger partial charge on any atom is -0.494 e. The van der Waals surface area contributed by atoms with E-state index in [2.05, 4.69) is 5.43 Å². The molecule has 0 fully saturated rings. The molecule has 4 nitrogen and oxygen atoms in total. The topological polar surface area (TPSA) is 56.5 Å². The zero-order valence-corrected chi connectivity index (χ0v) is 10.9. The molecule has 0 aliphatic rings. The molecular formula is C13H20F2N2O2. The van der Waals surface area contributed by atoms with Crippen molar-refractivity contribution in [3.8, 4) is 5.75 Å². The zero-order chi connectivity index (χ0) is 14.1. The monoisotopic (exact) mass is 274 g/mol. The third-order valence-electron chi connectivity index (χ3n) is 2.57. The van der Waals surface area contributed by atoms with Gasteiger partial charge >= 0.3 is 0 Å². The largest absolute Gasteiger partial charge is 0.494 e. The van der Waals surface area contributed by atoms with Crippen LogP contribution in [0.4, 0.5) is 8.78 Å². The minimum atomic E-state index is -2.44. The predicted molar refractivity (Wildman–Crippen MR) is 69.1 cm³/mol. The number of ether oxygens (including phenoxy) is 2. The van der Waals surface area contributed by atoms with Gasteiger partial charge < -0.3 is 9.47 Å². The van der Waals surface area contributed by atoms with Gasteiger partial charge in [-0.05, 0) is 31.0 Å². The molecule has 1 unspecified atom stereocenters. The average Bonchev–Trinajstić information content (AvgIpc) is 2.39. The molecule has 1 aromatic rings. The molecule has 0 spiro atoms. The van der Waals surface area contributed by atoms with E-state index >= 15 is 0 Å². The van der Waals surface area contributed by atoms with Crippen LogP contribution in [0.3, 0.4) is 0 Å². The number of nitrogens with one attached hydrogen (secondary N) is 1. The van der Waals surface area contributed by atoms with Crippen LogP contribution in [0.15, 0.2) is 24.3 Å². The van der Waals surface area contributed by atoms with Crippen LogP contribution in [0.2, 0.25) is 0 Å². The number of hydrogen-bond donors (Lipinski definition) is 2. The van der Waals surface area contributed by atoms with Crippen molar-refractivity contribution < 1.29 is 18.3 Å². The van der Waals surface area contributed by atoms with Gasteiger partial charge in [-0.25, -0.2) is 8.78 Å². The first kappa shape index (κ1) is 15.8. The predicted octanol–water partition coefficient (Wildman–Crippen LogP) is 2.26. The molecule has 0 bridgehead atoms. The maximum absolute atomic E-state index is 11.9. The van der Waals surface area contributed by atoms with Crippen molar-refractivity contribution in [3.63, 3.8) is 0 Å². The van der Waals surface area contributed by atoms with E-state index in [-0.39, 0.29) is 12.6 Å². The summed E-state index contributed by atoms with van der Waals surface area (Å²) < 4.78 is 34.1. The average molecular weight is 274 g/mol. The second-order valence-electron chi connectivity index (χ2n) is 3.98. The third-order valence-corrected chi connectivity index (χ3v) is 2.57. The Hall–Kier alpha value is -1.24. The van der Waals surface area contributed by atoms with Gasteiger partial charge in [-0.3, -0.25) is 11.3 Å². The van der Waals surface area contributed by atoms with Crippen molar-refractivity contribution >= 4 is 0 Å². The fourth-order valence-corrected chi connectivity index (χ4v) is 1.71. The Morgan fingerprint density at radius 1 is 1.37 bits per heavy atom. The van der Waals surface area contributed by atoms with Crippen molar-refractivity contribution in [3.05, 3.63) is 29.8 Å². The lowest BCUT2D eigenvalue weighted by Gasteiger charge is -2.17. The Bertz CT molecular complexity index is 364. The number of hydrazine groups is 1. The van der Waals surface area contributed by atoms with Crippen LogP contribution < -0.4 is 16.0 Å². The summed E-state index contributed by atoms with van der Waals surface area (Å²) in [6, 6.07) is 7.35. The Kier molecular flexibility index (Phi) is 7.32. The molecule has 108 valence electrons. The first-order valence-corrected chi connectivity index (χ1v) is 6.22. The van der Waals surface area contributed by atoms with Gasteiger partial charge in [0.25, 0.3) is 6.43 Å². The SMILES string of the molecule is CCOc1cccc(C(CCOCC(F)F)NN)c1. The molecule has 6 heteroatoms. The number of halogens is 2. The van der Waals surface area contributed by atoms with Crippen LogP contribution in [0.5, 0.6) is 5.75 Å². The van der Waals surface area contributed by atoms with E-state index in [0.29, 0.717) is 13.0 Å². The first-order valence-electron chi connectivity index (χ1n) is 6.22. The van der Waals surface area contributed by atoms with Crippen LogP contribution in [-0.2, 0) is 4.74 Å². The number of benzene rings is 1. The standard InChI is InChI=1S/C13H20F2N2O2/c1-2-19-11-5-3-4-10(8-11)12(17-16)6-7-18-9-13(14)15/h3-5,8,12-13,17H,2,6-7,9,16H2,1H3. The molecule has 1 atom stereocenters. The van der Waals surface area contributed by atoms with Gasteiger partial charge in [-0.2, -0.15) is 0 Å². The van der Waals surface area contributed by atoms with E-state index in [1.54, 1.807) is 0 Å². The van der Waals surface area contributed by atoms with Gasteiger partial charge in [0, 0.05) is 12.6 Å². The second kappa shape index (κ2) is 8.79. The van der Waals surface area contributed by atoms with Crippen molar-refractivity contribution in [2.45, 2.75) is 25.8 Å². The lowest BCUT2D eigenvalue weighted by atomic mass is 10.0. The summed E-state index contributed by atoms with van der Waals surface area (Å²) in [6.45, 7) is 2.17. The maximum atomic E-state index is 11.9. The smallest absolute Gasteiger partial charge is 0.261 e. The van der Waals surface area contributed by atoms with Crippen LogP contribution in [-0.4, -0.2) is 26.2 Å².